The van der Waals surface area contributed by atoms with Crippen LogP contribution in [0.1, 0.15) is 19.3 Å². The zero-order chi connectivity index (χ0) is 16.6. The van der Waals surface area contributed by atoms with Crippen molar-refractivity contribution < 1.29 is 9.59 Å². The van der Waals surface area contributed by atoms with Gasteiger partial charge in [-0.3, -0.25) is 9.59 Å². The van der Waals surface area contributed by atoms with E-state index in [9.17, 15) is 9.59 Å². The SMILES string of the molecule is CN(CC(=O)Nc1cccc(Cl)c1)C(=O)C1C2CCC(C2)C1N.Cl. The number of fused-ring (bicyclic) bond motifs is 2. The Morgan fingerprint density at radius 2 is 2.04 bits per heavy atom. The fraction of sp³-hybridized carbons (Fsp3) is 0.529. The van der Waals surface area contributed by atoms with E-state index in [1.807, 2.05) is 0 Å². The lowest BCUT2D eigenvalue weighted by atomic mass is 9.84. The van der Waals surface area contributed by atoms with Gasteiger partial charge in [-0.1, -0.05) is 17.7 Å². The van der Waals surface area contributed by atoms with Crippen LogP contribution in [0.4, 0.5) is 5.69 Å². The molecular weight excluding hydrogens is 349 g/mol. The molecule has 0 saturated heterocycles. The third-order valence-corrected chi connectivity index (χ3v) is 5.37. The second kappa shape index (κ2) is 7.72. The van der Waals surface area contributed by atoms with E-state index in [1.165, 1.54) is 4.90 Å². The molecule has 0 aliphatic heterocycles. The molecule has 0 aromatic heterocycles. The average Bonchev–Trinajstić information content (AvgIpc) is 3.07. The third-order valence-electron chi connectivity index (χ3n) is 5.13. The average molecular weight is 372 g/mol. The smallest absolute Gasteiger partial charge is 0.243 e. The van der Waals surface area contributed by atoms with E-state index in [2.05, 4.69) is 5.32 Å². The first-order valence-corrected chi connectivity index (χ1v) is 8.39. The lowest BCUT2D eigenvalue weighted by Crippen LogP contribution is -2.47. The molecule has 2 saturated carbocycles. The molecule has 2 aliphatic carbocycles. The van der Waals surface area contributed by atoms with Crippen molar-refractivity contribution in [2.24, 2.45) is 23.5 Å². The third kappa shape index (κ3) is 3.85. The normalized spacial score (nSPS) is 27.5. The van der Waals surface area contributed by atoms with Crippen LogP contribution in [0.5, 0.6) is 0 Å². The molecule has 1 aromatic rings. The summed E-state index contributed by atoms with van der Waals surface area (Å²) in [6.07, 6.45) is 3.27. The minimum atomic E-state index is -0.236. The molecule has 4 atom stereocenters. The summed E-state index contributed by atoms with van der Waals surface area (Å²) < 4.78 is 0. The maximum atomic E-state index is 12.6. The van der Waals surface area contributed by atoms with Crippen molar-refractivity contribution in [2.45, 2.75) is 25.3 Å². The van der Waals surface area contributed by atoms with E-state index in [4.69, 9.17) is 17.3 Å². The molecule has 4 unspecified atom stereocenters. The number of nitrogens with two attached hydrogens (primary N) is 1. The molecular formula is C17H23Cl2N3O2. The van der Waals surface area contributed by atoms with Crippen LogP contribution < -0.4 is 11.1 Å². The minimum absolute atomic E-state index is 0. The van der Waals surface area contributed by atoms with Crippen molar-refractivity contribution in [3.8, 4) is 0 Å². The van der Waals surface area contributed by atoms with Crippen LogP contribution in [0.3, 0.4) is 0 Å². The maximum Gasteiger partial charge on any atom is 0.243 e. The predicted octanol–water partition coefficient (Wildman–Crippen LogP) is 2.53. The van der Waals surface area contributed by atoms with Crippen LogP contribution in [0.2, 0.25) is 5.02 Å². The summed E-state index contributed by atoms with van der Waals surface area (Å²) in [7, 11) is 1.67. The van der Waals surface area contributed by atoms with Gasteiger partial charge in [0, 0.05) is 23.8 Å². The van der Waals surface area contributed by atoms with Gasteiger partial charge in [0.05, 0.1) is 12.5 Å². The van der Waals surface area contributed by atoms with Gasteiger partial charge in [-0.2, -0.15) is 0 Å². The van der Waals surface area contributed by atoms with Crippen molar-refractivity contribution in [2.75, 3.05) is 18.9 Å². The highest BCUT2D eigenvalue weighted by Crippen LogP contribution is 2.48. The lowest BCUT2D eigenvalue weighted by Gasteiger charge is -2.30. The molecule has 3 rings (SSSR count). The van der Waals surface area contributed by atoms with Gasteiger partial charge in [0.2, 0.25) is 11.8 Å². The maximum absolute atomic E-state index is 12.6. The summed E-state index contributed by atoms with van der Waals surface area (Å²) in [6.45, 7) is 0.0198. The Morgan fingerprint density at radius 3 is 2.67 bits per heavy atom. The number of halogens is 2. The van der Waals surface area contributed by atoms with Gasteiger partial charge < -0.3 is 16.0 Å². The Bertz CT molecular complexity index is 624. The molecule has 5 nitrogen and oxygen atoms in total. The van der Waals surface area contributed by atoms with E-state index in [0.717, 1.165) is 19.3 Å². The highest BCUT2D eigenvalue weighted by atomic mass is 35.5. The molecule has 0 radical (unpaired) electrons. The molecule has 3 N–H and O–H groups in total. The highest BCUT2D eigenvalue weighted by molar-refractivity contribution is 6.30. The van der Waals surface area contributed by atoms with Gasteiger partial charge >= 0.3 is 0 Å². The number of benzene rings is 1. The summed E-state index contributed by atoms with van der Waals surface area (Å²) >= 11 is 5.89. The molecule has 7 heteroatoms. The summed E-state index contributed by atoms with van der Waals surface area (Å²) in [6, 6.07) is 6.88. The van der Waals surface area contributed by atoms with Crippen LogP contribution in [-0.4, -0.2) is 36.3 Å². The summed E-state index contributed by atoms with van der Waals surface area (Å²) in [5.74, 6) is 0.493. The number of anilines is 1. The van der Waals surface area contributed by atoms with Crippen molar-refractivity contribution >= 4 is 41.5 Å². The topological polar surface area (TPSA) is 75.4 Å². The number of hydrogen-bond acceptors (Lipinski definition) is 3. The van der Waals surface area contributed by atoms with E-state index < -0.39 is 0 Å². The largest absolute Gasteiger partial charge is 0.336 e. The Hall–Kier alpha value is -1.30. The van der Waals surface area contributed by atoms with E-state index in [1.54, 1.807) is 31.3 Å². The quantitative estimate of drug-likeness (QED) is 0.853. The van der Waals surface area contributed by atoms with Crippen LogP contribution in [0.15, 0.2) is 24.3 Å². The molecule has 1 aromatic carbocycles. The van der Waals surface area contributed by atoms with Crippen molar-refractivity contribution in [3.05, 3.63) is 29.3 Å². The molecule has 2 bridgehead atoms. The van der Waals surface area contributed by atoms with Gasteiger partial charge in [-0.15, -0.1) is 12.4 Å². The van der Waals surface area contributed by atoms with Crippen molar-refractivity contribution in [1.29, 1.82) is 0 Å². The van der Waals surface area contributed by atoms with Crippen molar-refractivity contribution in [1.82, 2.24) is 4.90 Å². The highest BCUT2D eigenvalue weighted by Gasteiger charge is 2.49. The van der Waals surface area contributed by atoms with Gasteiger partial charge in [0.25, 0.3) is 0 Å². The monoisotopic (exact) mass is 371 g/mol. The first-order chi connectivity index (χ1) is 11.0. The van der Waals surface area contributed by atoms with Crippen LogP contribution in [0.25, 0.3) is 0 Å². The van der Waals surface area contributed by atoms with Gasteiger partial charge in [-0.05, 0) is 49.3 Å². The number of carbonyl (C=O) groups is 2. The molecule has 0 heterocycles. The second-order valence-electron chi connectivity index (χ2n) is 6.69. The predicted molar refractivity (Wildman–Crippen MR) is 97.3 cm³/mol. The number of hydrogen-bond donors (Lipinski definition) is 2. The van der Waals surface area contributed by atoms with Gasteiger partial charge in [0.1, 0.15) is 0 Å². The number of nitrogens with zero attached hydrogens (tertiary/aromatic N) is 1. The number of amides is 2. The summed E-state index contributed by atoms with van der Waals surface area (Å²) in [4.78, 5) is 26.2. The van der Waals surface area contributed by atoms with Crippen LogP contribution in [0, 0.1) is 17.8 Å². The van der Waals surface area contributed by atoms with Crippen LogP contribution >= 0.6 is 24.0 Å². The van der Waals surface area contributed by atoms with Gasteiger partial charge in [-0.25, -0.2) is 0 Å². The standard InChI is InChI=1S/C17H22ClN3O2.ClH/c1-21(9-14(22)20-13-4-2-3-12(18)8-13)17(23)15-10-5-6-11(7-10)16(15)19;/h2-4,8,10-11,15-16H,5-7,9,19H2,1H3,(H,20,22);1H. The molecule has 2 aliphatic rings. The molecule has 24 heavy (non-hydrogen) atoms. The number of nitrogens with one attached hydrogen (secondary N) is 1. The number of likely N-dealkylation sites (N-methyl/N-ethyl adjacent to an activating group) is 1. The molecule has 2 amide bonds. The first kappa shape index (κ1) is 19.0. The zero-order valence-electron chi connectivity index (χ0n) is 13.6. The van der Waals surface area contributed by atoms with Gasteiger partial charge in [0.15, 0.2) is 0 Å². The molecule has 2 fully saturated rings. The van der Waals surface area contributed by atoms with E-state index in [0.29, 0.717) is 22.5 Å². The Kier molecular flexibility index (Phi) is 6.12. The molecule has 0 spiro atoms. The Balaban J connectivity index is 0.00000208. The summed E-state index contributed by atoms with van der Waals surface area (Å²) in [5, 5.41) is 3.31. The summed E-state index contributed by atoms with van der Waals surface area (Å²) in [5.41, 5.74) is 6.84. The van der Waals surface area contributed by atoms with Crippen molar-refractivity contribution in [3.63, 3.8) is 0 Å². The van der Waals surface area contributed by atoms with Crippen LogP contribution in [-0.2, 0) is 9.59 Å². The van der Waals surface area contributed by atoms with E-state index in [-0.39, 0.29) is 42.7 Å². The molecule has 132 valence electrons. The fourth-order valence-electron chi connectivity index (χ4n) is 4.02. The lowest BCUT2D eigenvalue weighted by molar-refractivity contribution is -0.138. The Morgan fingerprint density at radius 1 is 1.33 bits per heavy atom. The minimum Gasteiger partial charge on any atom is -0.336 e. The second-order valence-corrected chi connectivity index (χ2v) is 7.13. The first-order valence-electron chi connectivity index (χ1n) is 8.01. The van der Waals surface area contributed by atoms with E-state index >= 15 is 0 Å². The fourth-order valence-corrected chi connectivity index (χ4v) is 4.21. The number of carbonyl (C=O) groups excluding carboxylic acids is 2. The Labute approximate surface area is 153 Å². The zero-order valence-corrected chi connectivity index (χ0v) is 15.1. The number of rotatable bonds is 4.